The summed E-state index contributed by atoms with van der Waals surface area (Å²) in [6.45, 7) is 9.20. The number of rotatable bonds is 9. The predicted octanol–water partition coefficient (Wildman–Crippen LogP) is 7.48. The second-order valence-corrected chi connectivity index (χ2v) is 28.6. The zero-order valence-electron chi connectivity index (χ0n) is 27.4. The van der Waals surface area contributed by atoms with E-state index in [1.807, 2.05) is 0 Å². The topological polar surface area (TPSA) is 0 Å². The van der Waals surface area contributed by atoms with Crippen LogP contribution in [0, 0.1) is 0 Å². The summed E-state index contributed by atoms with van der Waals surface area (Å²) in [6.07, 6.45) is 0. The van der Waals surface area contributed by atoms with Crippen molar-refractivity contribution in [1.29, 1.82) is 0 Å². The summed E-state index contributed by atoms with van der Waals surface area (Å²) in [5.74, 6) is 0. The van der Waals surface area contributed by atoms with Crippen molar-refractivity contribution in [3.8, 4) is 0 Å². The fraction of sp³-hybridized carbons (Fsp3) is 0.143. The Morgan fingerprint density at radius 2 is 0.435 bits per heavy atom. The first-order chi connectivity index (χ1) is 22.5. The van der Waals surface area contributed by atoms with Gasteiger partial charge in [-0.15, -0.1) is 0 Å². The molecular weight excluding hydrogens is 810 g/mol. The van der Waals surface area contributed by atoms with E-state index in [1.165, 1.54) is 37.6 Å². The molecule has 0 saturated heterocycles. The van der Waals surface area contributed by atoms with Crippen molar-refractivity contribution in [2.24, 2.45) is 0 Å². The Morgan fingerprint density at radius 3 is 0.565 bits per heavy atom. The second kappa shape index (κ2) is 20.9. The Morgan fingerprint density at radius 1 is 0.283 bits per heavy atom. The Bertz CT molecular complexity index is 1300. The second-order valence-electron chi connectivity index (χ2n) is 11.3. The van der Waals surface area contributed by atoms with E-state index in [0.717, 1.165) is 11.3 Å². The van der Waals surface area contributed by atoms with Crippen LogP contribution in [0.5, 0.6) is 0 Å². The van der Waals surface area contributed by atoms with Crippen molar-refractivity contribution >= 4 is 78.0 Å². The van der Waals surface area contributed by atoms with Crippen LogP contribution in [0.4, 0.5) is 0 Å². The van der Waals surface area contributed by atoms with Crippen LogP contribution in [0.25, 0.3) is 0 Å². The molecule has 2 unspecified atom stereocenters. The number of benzene rings is 6. The third-order valence-electron chi connectivity index (χ3n) is 6.75. The molecule has 2 atom stereocenters. The Balaban J connectivity index is 0.000000170. The molecule has 0 N–H and O–H groups in total. The third kappa shape index (κ3) is 12.4. The molecule has 46 heavy (non-hydrogen) atoms. The van der Waals surface area contributed by atoms with E-state index in [9.17, 15) is 0 Å². The molecule has 0 aromatic heterocycles. The van der Waals surface area contributed by atoms with Crippen LogP contribution in [-0.2, 0) is 0 Å². The maximum absolute atomic E-state index is 2.30. The molecule has 0 spiro atoms. The van der Waals surface area contributed by atoms with Crippen molar-refractivity contribution in [2.45, 2.75) is 39.0 Å². The summed E-state index contributed by atoms with van der Waals surface area (Å²) in [5.41, 5.74) is 1.85. The van der Waals surface area contributed by atoms with Gasteiger partial charge in [0.05, 0.1) is 0 Å². The summed E-state index contributed by atoms with van der Waals surface area (Å²) in [4.78, 5) is 0. The fourth-order valence-electron chi connectivity index (χ4n) is 4.69. The van der Waals surface area contributed by atoms with Crippen LogP contribution in [0.3, 0.4) is 0 Å². The van der Waals surface area contributed by atoms with Crippen molar-refractivity contribution in [3.63, 3.8) is 0 Å². The van der Waals surface area contributed by atoms with Gasteiger partial charge in [0, 0.05) is 0 Å². The van der Waals surface area contributed by atoms with E-state index in [0.29, 0.717) is 0 Å². The minimum absolute atomic E-state index is 0.927. The summed E-state index contributed by atoms with van der Waals surface area (Å²) in [7, 11) is 2.39. The average Bonchev–Trinajstić information content (AvgIpc) is 3.11. The molecule has 0 amide bonds. The van der Waals surface area contributed by atoms with Gasteiger partial charge in [0.25, 0.3) is 0 Å². The summed E-state index contributed by atoms with van der Waals surface area (Å²) in [5, 5.41) is 0. The normalized spacial score (nSPS) is 11.2. The Kier molecular flexibility index (Phi) is 16.7. The summed E-state index contributed by atoms with van der Waals surface area (Å²) >= 11 is -3.65. The zero-order chi connectivity index (χ0) is 32.4. The molecule has 0 aliphatic heterocycles. The third-order valence-corrected chi connectivity index (χ3v) is 26.0. The first-order valence-corrected chi connectivity index (χ1v) is 26.8. The maximum atomic E-state index is 2.30. The molecule has 4 heteroatoms. The molecule has 6 rings (SSSR count). The molecule has 0 aliphatic carbocycles. The van der Waals surface area contributed by atoms with Gasteiger partial charge in [-0.3, -0.25) is 0 Å². The monoisotopic (exact) mass is 854 g/mol. The SMILES string of the molecule is CC(C)PPC(C)C.c1cc[c]([Sb]([c]2ccccc2)[c]2ccccc2)cc1.c1cc[c]([Sb]([c]2ccccc2)[c]2ccccc2)cc1. The van der Waals surface area contributed by atoms with Gasteiger partial charge >= 0.3 is 243 Å². The quantitative estimate of drug-likeness (QED) is 0.105. The predicted molar refractivity (Wildman–Crippen MR) is 215 cm³/mol. The zero-order valence-corrected chi connectivity index (χ0v) is 34.5. The van der Waals surface area contributed by atoms with E-state index in [1.54, 1.807) is 0 Å². The molecule has 0 fully saturated rings. The van der Waals surface area contributed by atoms with E-state index in [-0.39, 0.29) is 0 Å². The van der Waals surface area contributed by atoms with E-state index in [2.05, 4.69) is 210 Å². The van der Waals surface area contributed by atoms with Gasteiger partial charge < -0.3 is 0 Å². The van der Waals surface area contributed by atoms with Gasteiger partial charge in [-0.1, -0.05) is 44.2 Å². The van der Waals surface area contributed by atoms with Crippen molar-refractivity contribution in [2.75, 3.05) is 0 Å². The van der Waals surface area contributed by atoms with E-state index < -0.39 is 40.4 Å². The first kappa shape index (κ1) is 36.6. The van der Waals surface area contributed by atoms with Crippen molar-refractivity contribution in [3.05, 3.63) is 182 Å². The van der Waals surface area contributed by atoms with Crippen LogP contribution < -0.4 is 21.1 Å². The average molecular weight is 856 g/mol. The molecule has 6 aromatic rings. The van der Waals surface area contributed by atoms with Crippen LogP contribution in [0.2, 0.25) is 0 Å². The molecule has 6 aromatic carbocycles. The fourth-order valence-corrected chi connectivity index (χ4v) is 20.5. The van der Waals surface area contributed by atoms with Gasteiger partial charge in [-0.05, 0) is 11.3 Å². The van der Waals surface area contributed by atoms with Gasteiger partial charge in [-0.25, -0.2) is 0 Å². The minimum atomic E-state index is -1.83. The Hall–Kier alpha value is -2.18. The van der Waals surface area contributed by atoms with Gasteiger partial charge in [0.1, 0.15) is 0 Å². The molecule has 0 saturated carbocycles. The molecule has 0 radical (unpaired) electrons. The van der Waals surface area contributed by atoms with Crippen molar-refractivity contribution in [1.82, 2.24) is 0 Å². The van der Waals surface area contributed by atoms with Crippen LogP contribution in [0.15, 0.2) is 182 Å². The first-order valence-electron chi connectivity index (χ1n) is 15.9. The molecular formula is C42H46P2Sb2. The van der Waals surface area contributed by atoms with Gasteiger partial charge in [0.2, 0.25) is 0 Å². The van der Waals surface area contributed by atoms with Crippen LogP contribution >= 0.6 is 16.5 Å². The number of hydrogen-bond donors (Lipinski definition) is 0. The van der Waals surface area contributed by atoms with Crippen LogP contribution in [0.1, 0.15) is 27.7 Å². The Labute approximate surface area is 296 Å². The molecule has 0 heterocycles. The van der Waals surface area contributed by atoms with Gasteiger partial charge in [-0.2, -0.15) is 0 Å². The molecule has 234 valence electrons. The van der Waals surface area contributed by atoms with Crippen molar-refractivity contribution < 1.29 is 0 Å². The standard InChI is InChI=1S/C6H16P2.6C6H5.2Sb/c1-5(2)7-8-6(3)4;6*1-2-4-6-5-3-1;;/h5-8H,1-4H3;6*1-5H;;. The summed E-state index contributed by atoms with van der Waals surface area (Å²) < 4.78 is 9.10. The van der Waals surface area contributed by atoms with E-state index in [4.69, 9.17) is 0 Å². The van der Waals surface area contributed by atoms with Crippen LogP contribution in [-0.4, -0.2) is 51.7 Å². The number of hydrogen-bond acceptors (Lipinski definition) is 0. The van der Waals surface area contributed by atoms with Gasteiger partial charge in [0.15, 0.2) is 0 Å². The molecule has 0 aliphatic rings. The van der Waals surface area contributed by atoms with E-state index >= 15 is 0 Å². The molecule has 0 bridgehead atoms. The summed E-state index contributed by atoms with van der Waals surface area (Å²) in [6, 6.07) is 65.8. The molecule has 0 nitrogen and oxygen atoms in total.